The van der Waals surface area contributed by atoms with Gasteiger partial charge >= 0.3 is 0 Å². The Labute approximate surface area is 105 Å². The van der Waals surface area contributed by atoms with Crippen LogP contribution in [0.1, 0.15) is 20.8 Å². The van der Waals surface area contributed by atoms with Gasteiger partial charge < -0.3 is 10.0 Å². The van der Waals surface area contributed by atoms with Crippen molar-refractivity contribution in [3.63, 3.8) is 0 Å². The highest BCUT2D eigenvalue weighted by Crippen LogP contribution is 2.24. The molecule has 0 heterocycles. The number of rotatable bonds is 5. The standard InChI is InChI=1S/C12H17FN2O3/c1-4-14(8-12(2,3)16)10-5-9(13)6-11(7-10)15(17)18/h5-7,16H,4,8H2,1-3H3. The van der Waals surface area contributed by atoms with Crippen LogP contribution in [-0.2, 0) is 0 Å². The van der Waals surface area contributed by atoms with Crippen LogP contribution in [0.25, 0.3) is 0 Å². The van der Waals surface area contributed by atoms with Crippen LogP contribution < -0.4 is 4.90 Å². The molecule has 0 saturated carbocycles. The van der Waals surface area contributed by atoms with Crippen LogP contribution in [0, 0.1) is 15.9 Å². The van der Waals surface area contributed by atoms with Crippen molar-refractivity contribution < 1.29 is 14.4 Å². The Morgan fingerprint density at radius 3 is 2.50 bits per heavy atom. The van der Waals surface area contributed by atoms with Crippen molar-refractivity contribution >= 4 is 11.4 Å². The molecule has 0 aliphatic rings. The molecule has 1 rings (SSSR count). The third-order valence-corrected chi connectivity index (χ3v) is 2.40. The molecule has 100 valence electrons. The van der Waals surface area contributed by atoms with Gasteiger partial charge in [0, 0.05) is 24.8 Å². The fraction of sp³-hybridized carbons (Fsp3) is 0.500. The van der Waals surface area contributed by atoms with E-state index in [1.165, 1.54) is 12.1 Å². The number of hydrogen-bond acceptors (Lipinski definition) is 4. The lowest BCUT2D eigenvalue weighted by Gasteiger charge is -2.29. The van der Waals surface area contributed by atoms with Crippen molar-refractivity contribution in [2.24, 2.45) is 0 Å². The van der Waals surface area contributed by atoms with Gasteiger partial charge in [0.15, 0.2) is 0 Å². The van der Waals surface area contributed by atoms with Crippen molar-refractivity contribution in [3.05, 3.63) is 34.1 Å². The van der Waals surface area contributed by atoms with E-state index in [0.29, 0.717) is 12.2 Å². The molecule has 0 bridgehead atoms. The monoisotopic (exact) mass is 256 g/mol. The van der Waals surface area contributed by atoms with Gasteiger partial charge in [0.25, 0.3) is 5.69 Å². The van der Waals surface area contributed by atoms with Gasteiger partial charge in [0.2, 0.25) is 0 Å². The summed E-state index contributed by atoms with van der Waals surface area (Å²) in [7, 11) is 0. The van der Waals surface area contributed by atoms with E-state index in [2.05, 4.69) is 0 Å². The number of benzene rings is 1. The van der Waals surface area contributed by atoms with Crippen molar-refractivity contribution in [1.82, 2.24) is 0 Å². The van der Waals surface area contributed by atoms with E-state index in [4.69, 9.17) is 0 Å². The number of nitrogens with zero attached hydrogens (tertiary/aromatic N) is 2. The first-order chi connectivity index (χ1) is 8.23. The highest BCUT2D eigenvalue weighted by Gasteiger charge is 2.20. The number of nitro benzene ring substituents is 1. The minimum atomic E-state index is -0.961. The van der Waals surface area contributed by atoms with Gasteiger partial charge in [-0.2, -0.15) is 0 Å². The molecule has 0 radical (unpaired) electrons. The lowest BCUT2D eigenvalue weighted by atomic mass is 10.1. The first kappa shape index (κ1) is 14.4. The minimum absolute atomic E-state index is 0.268. The highest BCUT2D eigenvalue weighted by molar-refractivity contribution is 5.53. The second-order valence-electron chi connectivity index (χ2n) is 4.75. The Morgan fingerprint density at radius 1 is 1.44 bits per heavy atom. The third kappa shape index (κ3) is 3.96. The molecule has 1 aromatic rings. The summed E-state index contributed by atoms with van der Waals surface area (Å²) in [5, 5.41) is 20.4. The van der Waals surface area contributed by atoms with Crippen LogP contribution in [0.3, 0.4) is 0 Å². The summed E-state index contributed by atoms with van der Waals surface area (Å²) in [6, 6.07) is 3.40. The summed E-state index contributed by atoms with van der Waals surface area (Å²) in [6.45, 7) is 5.88. The van der Waals surface area contributed by atoms with Crippen molar-refractivity contribution in [2.75, 3.05) is 18.0 Å². The maximum Gasteiger partial charge on any atom is 0.274 e. The van der Waals surface area contributed by atoms with E-state index >= 15 is 0 Å². The maximum atomic E-state index is 13.3. The van der Waals surface area contributed by atoms with E-state index in [-0.39, 0.29) is 12.2 Å². The normalized spacial score (nSPS) is 11.4. The van der Waals surface area contributed by atoms with Crippen molar-refractivity contribution in [3.8, 4) is 0 Å². The summed E-state index contributed by atoms with van der Waals surface area (Å²) in [4.78, 5) is 11.7. The maximum absolute atomic E-state index is 13.3. The zero-order valence-electron chi connectivity index (χ0n) is 10.7. The minimum Gasteiger partial charge on any atom is -0.389 e. The molecule has 0 aliphatic carbocycles. The Hall–Kier alpha value is -1.69. The molecule has 5 nitrogen and oxygen atoms in total. The fourth-order valence-corrected chi connectivity index (χ4v) is 1.70. The zero-order chi connectivity index (χ0) is 13.9. The molecule has 0 atom stereocenters. The van der Waals surface area contributed by atoms with Gasteiger partial charge in [-0.1, -0.05) is 0 Å². The van der Waals surface area contributed by atoms with Gasteiger partial charge in [0.05, 0.1) is 16.6 Å². The van der Waals surface area contributed by atoms with Gasteiger partial charge in [-0.05, 0) is 26.8 Å². The average Bonchev–Trinajstić information content (AvgIpc) is 2.23. The predicted molar refractivity (Wildman–Crippen MR) is 67.2 cm³/mol. The number of anilines is 1. The van der Waals surface area contributed by atoms with Crippen LogP contribution in [0.4, 0.5) is 15.8 Å². The van der Waals surface area contributed by atoms with Crippen LogP contribution >= 0.6 is 0 Å². The first-order valence-electron chi connectivity index (χ1n) is 5.65. The largest absolute Gasteiger partial charge is 0.389 e. The van der Waals surface area contributed by atoms with E-state index in [0.717, 1.165) is 6.07 Å². The molecular formula is C12H17FN2O3. The summed E-state index contributed by atoms with van der Waals surface area (Å²) in [5.74, 6) is -0.659. The number of hydrogen-bond donors (Lipinski definition) is 1. The molecule has 6 heteroatoms. The van der Waals surface area contributed by atoms with E-state index in [1.54, 1.807) is 18.7 Å². The number of non-ortho nitro benzene ring substituents is 1. The summed E-state index contributed by atoms with van der Waals surface area (Å²) in [5.41, 5.74) is -0.859. The number of halogens is 1. The number of aliphatic hydroxyl groups is 1. The molecule has 18 heavy (non-hydrogen) atoms. The number of nitro groups is 1. The van der Waals surface area contributed by atoms with Crippen LogP contribution in [0.5, 0.6) is 0 Å². The third-order valence-electron chi connectivity index (χ3n) is 2.40. The van der Waals surface area contributed by atoms with E-state index < -0.39 is 16.3 Å². The van der Waals surface area contributed by atoms with Crippen LogP contribution in [0.15, 0.2) is 18.2 Å². The molecule has 0 aliphatic heterocycles. The quantitative estimate of drug-likeness (QED) is 0.648. The predicted octanol–water partition coefficient (Wildman–Crippen LogP) is 2.33. The molecule has 1 N–H and O–H groups in total. The summed E-state index contributed by atoms with van der Waals surface area (Å²) in [6.07, 6.45) is 0. The van der Waals surface area contributed by atoms with E-state index in [1.807, 2.05) is 6.92 Å². The highest BCUT2D eigenvalue weighted by atomic mass is 19.1. The lowest BCUT2D eigenvalue weighted by Crippen LogP contribution is -2.38. The molecule has 0 fully saturated rings. The van der Waals surface area contributed by atoms with Gasteiger partial charge in [-0.15, -0.1) is 0 Å². The zero-order valence-corrected chi connectivity index (χ0v) is 10.7. The topological polar surface area (TPSA) is 66.6 Å². The average molecular weight is 256 g/mol. The first-order valence-corrected chi connectivity index (χ1v) is 5.65. The Balaban J connectivity index is 3.09. The van der Waals surface area contributed by atoms with Gasteiger partial charge in [-0.25, -0.2) is 4.39 Å². The fourth-order valence-electron chi connectivity index (χ4n) is 1.70. The van der Waals surface area contributed by atoms with E-state index in [9.17, 15) is 19.6 Å². The Bertz CT molecular complexity index is 443. The second kappa shape index (κ2) is 5.30. The number of likely N-dealkylation sites (N-methyl/N-ethyl adjacent to an activating group) is 1. The second-order valence-corrected chi connectivity index (χ2v) is 4.75. The molecular weight excluding hydrogens is 239 g/mol. The summed E-state index contributed by atoms with van der Waals surface area (Å²) < 4.78 is 13.3. The smallest absolute Gasteiger partial charge is 0.274 e. The van der Waals surface area contributed by atoms with Gasteiger partial charge in [0.1, 0.15) is 5.82 Å². The van der Waals surface area contributed by atoms with Crippen LogP contribution in [0.2, 0.25) is 0 Å². The van der Waals surface area contributed by atoms with Crippen LogP contribution in [-0.4, -0.2) is 28.7 Å². The molecule has 0 spiro atoms. The molecule has 0 saturated heterocycles. The van der Waals surface area contributed by atoms with Gasteiger partial charge in [-0.3, -0.25) is 10.1 Å². The van der Waals surface area contributed by atoms with Crippen molar-refractivity contribution in [2.45, 2.75) is 26.4 Å². The summed E-state index contributed by atoms with van der Waals surface area (Å²) >= 11 is 0. The molecule has 0 amide bonds. The SMILES string of the molecule is CCN(CC(C)(C)O)c1cc(F)cc([N+](=O)[O-])c1. The Morgan fingerprint density at radius 2 is 2.06 bits per heavy atom. The molecule has 1 aromatic carbocycles. The lowest BCUT2D eigenvalue weighted by molar-refractivity contribution is -0.385. The molecule has 0 aromatic heterocycles. The van der Waals surface area contributed by atoms with Crippen molar-refractivity contribution in [1.29, 1.82) is 0 Å². The Kier molecular flexibility index (Phi) is 4.24. The molecule has 0 unspecified atom stereocenters.